The van der Waals surface area contributed by atoms with Crippen molar-refractivity contribution < 1.29 is 9.53 Å². The Hall–Kier alpha value is -1.98. The number of nitrogens with zero attached hydrogens (tertiary/aromatic N) is 4. The normalized spacial score (nSPS) is 10.2. The molecule has 0 aliphatic heterocycles. The van der Waals surface area contributed by atoms with Gasteiger partial charge in [0.15, 0.2) is 11.3 Å². The van der Waals surface area contributed by atoms with Gasteiger partial charge >= 0.3 is 5.97 Å². The van der Waals surface area contributed by atoms with Crippen molar-refractivity contribution in [3.8, 4) is 0 Å². The van der Waals surface area contributed by atoms with Gasteiger partial charge in [-0.05, 0) is 12.1 Å². The van der Waals surface area contributed by atoms with Gasteiger partial charge in [0.1, 0.15) is 6.33 Å². The molecule has 0 bridgehead atoms. The van der Waals surface area contributed by atoms with Crippen molar-refractivity contribution in [2.24, 2.45) is 0 Å². The second-order valence-electron chi connectivity index (χ2n) is 2.34. The zero-order chi connectivity index (χ0) is 9.26. The summed E-state index contributed by atoms with van der Waals surface area (Å²) in [7, 11) is 1.31. The zero-order valence-electron chi connectivity index (χ0n) is 6.84. The molecule has 66 valence electrons. The van der Waals surface area contributed by atoms with E-state index in [9.17, 15) is 4.79 Å². The molecule has 0 amide bonds. The van der Waals surface area contributed by atoms with E-state index in [0.29, 0.717) is 5.65 Å². The van der Waals surface area contributed by atoms with E-state index in [2.05, 4.69) is 20.0 Å². The predicted octanol–water partition coefficient (Wildman–Crippen LogP) is -0.0891. The summed E-state index contributed by atoms with van der Waals surface area (Å²) >= 11 is 0. The van der Waals surface area contributed by atoms with E-state index < -0.39 is 5.97 Å². The number of hydrogen-bond donors (Lipinski definition) is 0. The third kappa shape index (κ3) is 1.22. The molecule has 0 N–H and O–H groups in total. The molecule has 0 fully saturated rings. The number of aromatic nitrogens is 4. The third-order valence-electron chi connectivity index (χ3n) is 1.56. The highest BCUT2D eigenvalue weighted by atomic mass is 16.5. The average Bonchev–Trinajstić information content (AvgIpc) is 2.63. The van der Waals surface area contributed by atoms with Crippen LogP contribution in [0.1, 0.15) is 10.5 Å². The molecule has 2 aromatic rings. The predicted molar refractivity (Wildman–Crippen MR) is 42.1 cm³/mol. The van der Waals surface area contributed by atoms with Crippen LogP contribution in [-0.2, 0) is 4.74 Å². The number of carbonyl (C=O) groups excluding carboxylic acids is 1. The van der Waals surface area contributed by atoms with Gasteiger partial charge in [-0.2, -0.15) is 9.61 Å². The van der Waals surface area contributed by atoms with Crippen LogP contribution in [-0.4, -0.2) is 32.9 Å². The lowest BCUT2D eigenvalue weighted by Crippen LogP contribution is -2.06. The Morgan fingerprint density at radius 1 is 1.54 bits per heavy atom. The van der Waals surface area contributed by atoms with Gasteiger partial charge < -0.3 is 4.74 Å². The molecule has 0 aromatic carbocycles. The molecule has 2 aromatic heterocycles. The van der Waals surface area contributed by atoms with Gasteiger partial charge in [-0.3, -0.25) is 0 Å². The summed E-state index contributed by atoms with van der Waals surface area (Å²) in [6, 6.07) is 3.18. The maximum absolute atomic E-state index is 11.0. The first-order chi connectivity index (χ1) is 6.31. The summed E-state index contributed by atoms with van der Waals surface area (Å²) in [5.41, 5.74) is 0.822. The molecule has 6 heteroatoms. The smallest absolute Gasteiger partial charge is 0.358 e. The fraction of sp³-hybridized carbons (Fsp3) is 0.143. The van der Waals surface area contributed by atoms with E-state index in [4.69, 9.17) is 0 Å². The number of fused-ring (bicyclic) bond motifs is 1. The van der Waals surface area contributed by atoms with Crippen molar-refractivity contribution in [3.05, 3.63) is 24.2 Å². The largest absolute Gasteiger partial charge is 0.464 e. The van der Waals surface area contributed by atoms with Crippen molar-refractivity contribution in [1.29, 1.82) is 0 Å². The Bertz CT molecular complexity index is 450. The summed E-state index contributed by atoms with van der Waals surface area (Å²) in [5.74, 6) is -0.476. The van der Waals surface area contributed by atoms with Crippen molar-refractivity contribution >= 4 is 11.6 Å². The average molecular weight is 178 g/mol. The van der Waals surface area contributed by atoms with Crippen molar-refractivity contribution in [2.45, 2.75) is 0 Å². The van der Waals surface area contributed by atoms with E-state index >= 15 is 0 Å². The highest BCUT2D eigenvalue weighted by Gasteiger charge is 2.07. The molecular formula is C7H6N4O2. The van der Waals surface area contributed by atoms with Crippen LogP contribution >= 0.6 is 0 Å². The Morgan fingerprint density at radius 3 is 3.15 bits per heavy atom. The molecular weight excluding hydrogens is 172 g/mol. The number of methoxy groups -OCH3 is 1. The van der Waals surface area contributed by atoms with Crippen molar-refractivity contribution in [2.75, 3.05) is 7.11 Å². The van der Waals surface area contributed by atoms with Crippen LogP contribution in [0.2, 0.25) is 0 Å². The number of ether oxygens (including phenoxy) is 1. The lowest BCUT2D eigenvalue weighted by Gasteiger charge is -1.97. The Balaban J connectivity index is 2.54. The molecule has 0 saturated heterocycles. The molecule has 13 heavy (non-hydrogen) atoms. The molecule has 0 saturated carbocycles. The molecule has 0 aliphatic carbocycles. The van der Waals surface area contributed by atoms with E-state index in [1.165, 1.54) is 24.0 Å². The first-order valence-electron chi connectivity index (χ1n) is 3.56. The Labute approximate surface area is 73.2 Å². The molecule has 0 unspecified atom stereocenters. The molecule has 2 heterocycles. The summed E-state index contributed by atoms with van der Waals surface area (Å²) in [5, 5.41) is 11.3. The number of esters is 1. The van der Waals surface area contributed by atoms with Crippen LogP contribution < -0.4 is 0 Å². The van der Waals surface area contributed by atoms with Gasteiger partial charge in [0.2, 0.25) is 0 Å². The van der Waals surface area contributed by atoms with E-state index in [1.54, 1.807) is 6.07 Å². The SMILES string of the molecule is COC(=O)c1ccc2nncn2n1. The van der Waals surface area contributed by atoms with Gasteiger partial charge in [0.05, 0.1) is 7.11 Å². The minimum atomic E-state index is -0.476. The van der Waals surface area contributed by atoms with Crippen LogP contribution in [0.3, 0.4) is 0 Å². The van der Waals surface area contributed by atoms with Crippen LogP contribution in [0.5, 0.6) is 0 Å². The highest BCUT2D eigenvalue weighted by Crippen LogP contribution is 1.99. The Kier molecular flexibility index (Phi) is 1.66. The maximum atomic E-state index is 11.0. The lowest BCUT2D eigenvalue weighted by atomic mass is 10.4. The molecule has 0 aliphatic rings. The molecule has 2 rings (SSSR count). The van der Waals surface area contributed by atoms with Gasteiger partial charge in [0, 0.05) is 0 Å². The van der Waals surface area contributed by atoms with Gasteiger partial charge in [-0.1, -0.05) is 0 Å². The lowest BCUT2D eigenvalue weighted by molar-refractivity contribution is 0.0592. The van der Waals surface area contributed by atoms with E-state index in [-0.39, 0.29) is 5.69 Å². The van der Waals surface area contributed by atoms with Crippen molar-refractivity contribution in [3.63, 3.8) is 0 Å². The molecule has 0 spiro atoms. The molecule has 0 atom stereocenters. The monoisotopic (exact) mass is 178 g/mol. The summed E-state index contributed by atoms with van der Waals surface area (Å²) in [6.45, 7) is 0. The quantitative estimate of drug-likeness (QED) is 0.571. The fourth-order valence-electron chi connectivity index (χ4n) is 0.942. The highest BCUT2D eigenvalue weighted by molar-refractivity contribution is 5.87. The molecule has 0 radical (unpaired) electrons. The standard InChI is InChI=1S/C7H6N4O2/c1-13-7(12)5-2-3-6-9-8-4-11(6)10-5/h2-4H,1H3. The maximum Gasteiger partial charge on any atom is 0.358 e. The molecule has 6 nitrogen and oxygen atoms in total. The minimum Gasteiger partial charge on any atom is -0.464 e. The van der Waals surface area contributed by atoms with Gasteiger partial charge in [-0.15, -0.1) is 10.2 Å². The van der Waals surface area contributed by atoms with E-state index in [1.807, 2.05) is 0 Å². The summed E-state index contributed by atoms with van der Waals surface area (Å²) in [4.78, 5) is 11.0. The fourth-order valence-corrected chi connectivity index (χ4v) is 0.942. The summed E-state index contributed by atoms with van der Waals surface area (Å²) in [6.07, 6.45) is 1.42. The van der Waals surface area contributed by atoms with Gasteiger partial charge in [-0.25, -0.2) is 4.79 Å². The second-order valence-corrected chi connectivity index (χ2v) is 2.34. The number of carbonyl (C=O) groups is 1. The van der Waals surface area contributed by atoms with Crippen LogP contribution in [0.4, 0.5) is 0 Å². The number of rotatable bonds is 1. The minimum absolute atomic E-state index is 0.231. The summed E-state index contributed by atoms with van der Waals surface area (Å²) < 4.78 is 5.92. The zero-order valence-corrected chi connectivity index (χ0v) is 6.84. The van der Waals surface area contributed by atoms with E-state index in [0.717, 1.165) is 0 Å². The van der Waals surface area contributed by atoms with Crippen molar-refractivity contribution in [1.82, 2.24) is 19.8 Å². The first kappa shape index (κ1) is 7.66. The van der Waals surface area contributed by atoms with Crippen LogP contribution in [0.15, 0.2) is 18.5 Å². The Morgan fingerprint density at radius 2 is 2.38 bits per heavy atom. The van der Waals surface area contributed by atoms with Crippen LogP contribution in [0.25, 0.3) is 5.65 Å². The number of hydrogen-bond acceptors (Lipinski definition) is 5. The third-order valence-corrected chi connectivity index (χ3v) is 1.56. The van der Waals surface area contributed by atoms with Gasteiger partial charge in [0.25, 0.3) is 0 Å². The topological polar surface area (TPSA) is 69.4 Å². The van der Waals surface area contributed by atoms with Crippen LogP contribution in [0, 0.1) is 0 Å². The first-order valence-corrected chi connectivity index (χ1v) is 3.56. The second kappa shape index (κ2) is 2.81.